The number of urea groups is 1. The molecule has 0 bridgehead atoms. The number of rotatable bonds is 6. The van der Waals surface area contributed by atoms with Crippen LogP contribution in [0.15, 0.2) is 35.1 Å². The number of allylic oxidation sites excluding steroid dienone is 1. The molecule has 0 radical (unpaired) electrons. The van der Waals surface area contributed by atoms with Gasteiger partial charge in [-0.05, 0) is 25.5 Å². The number of likely N-dealkylation sites (N-methyl/N-ethyl adjacent to an activating group) is 1. The molecule has 0 saturated carbocycles. The number of guanidine groups is 1. The van der Waals surface area contributed by atoms with Crippen LogP contribution in [0.4, 0.5) is 10.5 Å². The van der Waals surface area contributed by atoms with E-state index in [-0.39, 0.29) is 11.9 Å². The third kappa shape index (κ3) is 2.88. The maximum Gasteiger partial charge on any atom is 0.328 e. The number of carbonyl (C=O) groups is 2. The zero-order valence-electron chi connectivity index (χ0n) is 18.0. The van der Waals surface area contributed by atoms with E-state index >= 15 is 0 Å². The average Bonchev–Trinajstić information content (AvgIpc) is 3.26. The van der Waals surface area contributed by atoms with Gasteiger partial charge >= 0.3 is 6.03 Å². The van der Waals surface area contributed by atoms with Crippen molar-refractivity contribution in [1.29, 1.82) is 0 Å². The van der Waals surface area contributed by atoms with Crippen molar-refractivity contribution in [1.82, 2.24) is 14.7 Å². The minimum atomic E-state index is -0.566. The van der Waals surface area contributed by atoms with Crippen molar-refractivity contribution in [3.63, 3.8) is 0 Å². The van der Waals surface area contributed by atoms with E-state index in [1.54, 1.807) is 32.2 Å². The van der Waals surface area contributed by atoms with E-state index < -0.39 is 12.2 Å². The maximum atomic E-state index is 13.2. The number of hydrogen-bond acceptors (Lipinski definition) is 7. The quantitative estimate of drug-likeness (QED) is 0.713. The monoisotopic (exact) mass is 413 g/mol. The van der Waals surface area contributed by atoms with Crippen LogP contribution in [-0.4, -0.2) is 72.6 Å². The zero-order valence-corrected chi connectivity index (χ0v) is 18.0. The highest BCUT2D eigenvalue weighted by Crippen LogP contribution is 2.41. The molecule has 1 saturated heterocycles. The van der Waals surface area contributed by atoms with Crippen LogP contribution < -0.4 is 14.4 Å². The number of unbranched alkanes of at least 4 members (excludes halogenated alkanes) is 1. The van der Waals surface area contributed by atoms with Gasteiger partial charge in [0.1, 0.15) is 11.5 Å². The molecule has 1 aromatic rings. The lowest BCUT2D eigenvalue weighted by Gasteiger charge is -2.40. The summed E-state index contributed by atoms with van der Waals surface area (Å²) in [5.74, 6) is 1.71. The summed E-state index contributed by atoms with van der Waals surface area (Å²) < 4.78 is 10.9. The Hall–Kier alpha value is -3.23. The number of nitrogens with zero attached hydrogens (tertiary/aromatic N) is 5. The Bertz CT molecular complexity index is 943. The van der Waals surface area contributed by atoms with E-state index in [1.165, 1.54) is 4.90 Å². The normalized spacial score (nSPS) is 22.8. The van der Waals surface area contributed by atoms with Crippen molar-refractivity contribution in [3.8, 4) is 11.5 Å². The molecule has 4 rings (SSSR count). The largest absolute Gasteiger partial charge is 0.497 e. The minimum absolute atomic E-state index is 0.206. The van der Waals surface area contributed by atoms with Gasteiger partial charge in [-0.15, -0.1) is 0 Å². The third-order valence-electron chi connectivity index (χ3n) is 5.75. The fourth-order valence-corrected chi connectivity index (χ4v) is 4.14. The van der Waals surface area contributed by atoms with E-state index in [4.69, 9.17) is 14.5 Å². The first-order valence-corrected chi connectivity index (χ1v) is 10.1. The number of aliphatic imine (C=N–C) groups is 1. The van der Waals surface area contributed by atoms with Crippen molar-refractivity contribution >= 4 is 23.6 Å². The van der Waals surface area contributed by atoms with Crippen molar-refractivity contribution in [2.75, 3.05) is 32.7 Å². The molecular formula is C21H27N5O4. The summed E-state index contributed by atoms with van der Waals surface area (Å²) in [6.07, 6.45) is 3.03. The summed E-state index contributed by atoms with van der Waals surface area (Å²) in [6, 6.07) is 4.69. The van der Waals surface area contributed by atoms with Crippen molar-refractivity contribution in [2.24, 2.45) is 4.99 Å². The summed E-state index contributed by atoms with van der Waals surface area (Å²) in [6.45, 7) is 4.41. The Morgan fingerprint density at radius 3 is 2.60 bits per heavy atom. The van der Waals surface area contributed by atoms with Gasteiger partial charge in [-0.1, -0.05) is 13.3 Å². The molecule has 9 nitrogen and oxygen atoms in total. The molecule has 2 unspecified atom stereocenters. The highest BCUT2D eigenvalue weighted by atomic mass is 16.5. The summed E-state index contributed by atoms with van der Waals surface area (Å²) in [5.41, 5.74) is 1.69. The number of hydrogen-bond donors (Lipinski definition) is 0. The number of benzene rings is 1. The van der Waals surface area contributed by atoms with Gasteiger partial charge in [-0.3, -0.25) is 14.6 Å². The molecule has 0 N–H and O–H groups in total. The van der Waals surface area contributed by atoms with Gasteiger partial charge in [-0.2, -0.15) is 0 Å². The molecule has 160 valence electrons. The molecule has 1 aromatic carbocycles. The Kier molecular flexibility index (Phi) is 5.05. The van der Waals surface area contributed by atoms with Crippen LogP contribution in [0.3, 0.4) is 0 Å². The van der Waals surface area contributed by atoms with Gasteiger partial charge in [0.05, 0.1) is 19.9 Å². The first-order valence-electron chi connectivity index (χ1n) is 10.1. The summed E-state index contributed by atoms with van der Waals surface area (Å²) in [7, 11) is 4.90. The number of carbonyl (C=O) groups excluding carboxylic acids is 2. The second kappa shape index (κ2) is 7.55. The van der Waals surface area contributed by atoms with Gasteiger partial charge in [0.25, 0.3) is 5.91 Å². The van der Waals surface area contributed by atoms with E-state index in [1.807, 2.05) is 42.0 Å². The molecule has 0 aliphatic carbocycles. The third-order valence-corrected chi connectivity index (χ3v) is 5.75. The highest BCUT2D eigenvalue weighted by molar-refractivity contribution is 6.10. The van der Waals surface area contributed by atoms with Gasteiger partial charge < -0.3 is 19.3 Å². The number of anilines is 1. The molecule has 30 heavy (non-hydrogen) atoms. The second-order valence-corrected chi connectivity index (χ2v) is 7.58. The average molecular weight is 413 g/mol. The topological polar surface area (TPSA) is 77.9 Å². The van der Waals surface area contributed by atoms with Crippen LogP contribution in [0.2, 0.25) is 0 Å². The second-order valence-electron chi connectivity index (χ2n) is 7.58. The molecule has 3 aliphatic rings. The number of amides is 3. The number of imide groups is 1. The van der Waals surface area contributed by atoms with Crippen molar-refractivity contribution in [3.05, 3.63) is 30.1 Å². The van der Waals surface area contributed by atoms with Crippen molar-refractivity contribution < 1.29 is 19.1 Å². The lowest BCUT2D eigenvalue weighted by Crippen LogP contribution is -2.64. The molecule has 0 aromatic heterocycles. The van der Waals surface area contributed by atoms with Crippen LogP contribution in [0.25, 0.3) is 0 Å². The predicted octanol–water partition coefficient (Wildman–Crippen LogP) is 2.45. The minimum Gasteiger partial charge on any atom is -0.497 e. The molecule has 1 fully saturated rings. The predicted molar refractivity (Wildman–Crippen MR) is 112 cm³/mol. The molecule has 9 heteroatoms. The SMILES string of the molecule is CCCCN1C(=O)C2C(N=C3N(c4ccc(OC)cc4OC)C(C)=CN32)N(C)C1=O. The van der Waals surface area contributed by atoms with E-state index in [9.17, 15) is 9.59 Å². The molecular weight excluding hydrogens is 386 g/mol. The van der Waals surface area contributed by atoms with Gasteiger partial charge in [0.2, 0.25) is 5.96 Å². The van der Waals surface area contributed by atoms with Crippen LogP contribution in [0, 0.1) is 0 Å². The first-order chi connectivity index (χ1) is 14.4. The molecule has 2 atom stereocenters. The number of ether oxygens (including phenoxy) is 2. The van der Waals surface area contributed by atoms with Crippen LogP contribution in [0.5, 0.6) is 11.5 Å². The fraction of sp³-hybridized carbons (Fsp3) is 0.476. The number of fused-ring (bicyclic) bond motifs is 3. The van der Waals surface area contributed by atoms with Gasteiger partial charge in [-0.25, -0.2) is 9.79 Å². The molecule has 3 amide bonds. The van der Waals surface area contributed by atoms with Crippen LogP contribution in [0.1, 0.15) is 26.7 Å². The van der Waals surface area contributed by atoms with Gasteiger partial charge in [0.15, 0.2) is 12.2 Å². The molecule has 0 spiro atoms. The number of methoxy groups -OCH3 is 2. The Morgan fingerprint density at radius 1 is 1.17 bits per heavy atom. The van der Waals surface area contributed by atoms with Gasteiger partial charge in [0, 0.05) is 31.6 Å². The highest BCUT2D eigenvalue weighted by Gasteiger charge is 2.54. The first kappa shape index (κ1) is 20.1. The zero-order chi connectivity index (χ0) is 21.6. The summed E-state index contributed by atoms with van der Waals surface area (Å²) >= 11 is 0. The van der Waals surface area contributed by atoms with E-state index in [0.29, 0.717) is 24.0 Å². The maximum absolute atomic E-state index is 13.2. The van der Waals surface area contributed by atoms with Crippen LogP contribution >= 0.6 is 0 Å². The van der Waals surface area contributed by atoms with E-state index in [2.05, 4.69) is 0 Å². The smallest absolute Gasteiger partial charge is 0.328 e. The fourth-order valence-electron chi connectivity index (χ4n) is 4.14. The molecule has 3 aliphatic heterocycles. The Morgan fingerprint density at radius 2 is 1.93 bits per heavy atom. The van der Waals surface area contributed by atoms with Crippen molar-refractivity contribution in [2.45, 2.75) is 38.9 Å². The Labute approximate surface area is 176 Å². The summed E-state index contributed by atoms with van der Waals surface area (Å²) in [4.78, 5) is 37.5. The lowest BCUT2D eigenvalue weighted by atomic mass is 10.1. The standard InChI is InChI=1S/C21H27N5O4/c1-6-7-10-24-19(27)17-18(23(3)21(24)28)22-20-25(17)12-13(2)26(20)15-9-8-14(29-4)11-16(15)30-5/h8-9,11-12,17-18H,6-7,10H2,1-5H3. The van der Waals surface area contributed by atoms with E-state index in [0.717, 1.165) is 24.2 Å². The lowest BCUT2D eigenvalue weighted by molar-refractivity contribution is -0.136. The van der Waals surface area contributed by atoms with Crippen LogP contribution in [-0.2, 0) is 4.79 Å². The molecule has 3 heterocycles. The Balaban J connectivity index is 1.71. The summed E-state index contributed by atoms with van der Waals surface area (Å²) in [5, 5.41) is 0.